The zero-order chi connectivity index (χ0) is 25.5. The zero-order valence-corrected chi connectivity index (χ0v) is 21.7. The molecule has 1 aliphatic rings. The molecule has 0 aliphatic heterocycles. The fraction of sp³-hybridized carbons (Fsp3) is 0.379. The molecule has 2 aromatic heterocycles. The molecule has 1 aromatic carbocycles. The Labute approximate surface area is 213 Å². The van der Waals surface area contributed by atoms with Crippen molar-refractivity contribution in [3.8, 4) is 11.6 Å². The molecule has 0 fully saturated rings. The molecule has 188 valence electrons. The number of fused-ring (bicyclic) bond motifs is 1. The van der Waals surface area contributed by atoms with E-state index < -0.39 is 0 Å². The van der Waals surface area contributed by atoms with E-state index in [0.717, 1.165) is 64.6 Å². The van der Waals surface area contributed by atoms with E-state index in [1.54, 1.807) is 0 Å². The molecule has 4 rings (SSSR count). The van der Waals surface area contributed by atoms with Crippen molar-refractivity contribution in [3.05, 3.63) is 82.8 Å². The first kappa shape index (κ1) is 25.4. The van der Waals surface area contributed by atoms with Crippen LogP contribution in [0.4, 0.5) is 0 Å². The van der Waals surface area contributed by atoms with Crippen LogP contribution in [-0.4, -0.2) is 34.6 Å². The second-order valence-electron chi connectivity index (χ2n) is 10.0. The highest BCUT2D eigenvalue weighted by molar-refractivity contribution is 6.00. The molecule has 36 heavy (non-hydrogen) atoms. The molecule has 0 spiro atoms. The van der Waals surface area contributed by atoms with Gasteiger partial charge in [0.05, 0.1) is 11.4 Å². The van der Waals surface area contributed by atoms with Crippen molar-refractivity contribution < 1.29 is 14.4 Å². The maximum Gasteiger partial charge on any atom is 0.219 e. The average molecular weight is 487 g/mol. The van der Waals surface area contributed by atoms with Crippen LogP contribution in [0.1, 0.15) is 61.8 Å². The van der Waals surface area contributed by atoms with Gasteiger partial charge in [-0.15, -0.1) is 0 Å². The Morgan fingerprint density at radius 1 is 0.944 bits per heavy atom. The van der Waals surface area contributed by atoms with Gasteiger partial charge in [-0.1, -0.05) is 48.4 Å². The lowest BCUT2D eigenvalue weighted by Crippen LogP contribution is -2.24. The summed E-state index contributed by atoms with van der Waals surface area (Å²) < 4.78 is 5.92. The highest BCUT2D eigenvalue weighted by Crippen LogP contribution is 2.26. The molecular weight excluding hydrogens is 452 g/mol. The van der Waals surface area contributed by atoms with Crippen molar-refractivity contribution >= 4 is 11.4 Å². The van der Waals surface area contributed by atoms with Crippen LogP contribution < -0.4 is 4.74 Å². The third-order valence-corrected chi connectivity index (χ3v) is 5.81. The van der Waals surface area contributed by atoms with E-state index in [1.807, 2.05) is 69.3 Å². The topological polar surface area (TPSA) is 78.2 Å². The van der Waals surface area contributed by atoms with E-state index in [-0.39, 0.29) is 5.41 Å². The van der Waals surface area contributed by atoms with Gasteiger partial charge in [0, 0.05) is 17.2 Å². The Bertz CT molecular complexity index is 1230. The Morgan fingerprint density at radius 3 is 2.50 bits per heavy atom. The Hall–Kier alpha value is -3.74. The monoisotopic (exact) mass is 486 g/mol. The molecule has 3 aromatic rings. The van der Waals surface area contributed by atoms with Gasteiger partial charge in [0.25, 0.3) is 0 Å². The number of hydrogen-bond acceptors (Lipinski definition) is 7. The van der Waals surface area contributed by atoms with Crippen LogP contribution >= 0.6 is 0 Å². The van der Waals surface area contributed by atoms with Crippen LogP contribution in [0.2, 0.25) is 0 Å². The lowest BCUT2D eigenvalue weighted by Gasteiger charge is -2.22. The number of ether oxygens (including phenoxy) is 1. The van der Waals surface area contributed by atoms with Crippen molar-refractivity contribution in [3.63, 3.8) is 0 Å². The van der Waals surface area contributed by atoms with E-state index >= 15 is 0 Å². The first-order chi connectivity index (χ1) is 17.3. The summed E-state index contributed by atoms with van der Waals surface area (Å²) in [6, 6.07) is 17.7. The summed E-state index contributed by atoms with van der Waals surface area (Å²) in [7, 11) is 0. The van der Waals surface area contributed by atoms with E-state index in [9.17, 15) is 0 Å². The lowest BCUT2D eigenvalue weighted by atomic mass is 9.94. The first-order valence-electron chi connectivity index (χ1n) is 12.3. The Morgan fingerprint density at radius 2 is 1.72 bits per heavy atom. The second-order valence-corrected chi connectivity index (χ2v) is 10.0. The van der Waals surface area contributed by atoms with Gasteiger partial charge in [-0.3, -0.25) is 4.98 Å². The fourth-order valence-electron chi connectivity index (χ4n) is 3.95. The van der Waals surface area contributed by atoms with Crippen LogP contribution in [0.5, 0.6) is 11.6 Å². The highest BCUT2D eigenvalue weighted by Gasteiger charge is 2.23. The predicted molar refractivity (Wildman–Crippen MR) is 142 cm³/mol. The summed E-state index contributed by atoms with van der Waals surface area (Å²) in [6.07, 6.45) is 2.81. The minimum Gasteiger partial charge on any atom is -0.439 e. The number of aryl methyl sites for hydroxylation is 3. The van der Waals surface area contributed by atoms with Crippen molar-refractivity contribution in [1.82, 2.24) is 9.97 Å². The fourth-order valence-corrected chi connectivity index (χ4v) is 3.95. The zero-order valence-electron chi connectivity index (χ0n) is 21.7. The summed E-state index contributed by atoms with van der Waals surface area (Å²) in [5.41, 5.74) is 6.27. The van der Waals surface area contributed by atoms with Crippen molar-refractivity contribution in [2.24, 2.45) is 15.7 Å². The molecule has 0 N–H and O–H groups in total. The largest absolute Gasteiger partial charge is 0.439 e. The molecule has 0 saturated carbocycles. The number of benzene rings is 1. The SMILES string of the molecule is CC(=NOCC(C)(C)CON=C1CCCc2ccc(Oc3ccccc3)nc21)c1cc(C)cc(C)n1. The van der Waals surface area contributed by atoms with Crippen LogP contribution in [-0.2, 0) is 16.1 Å². The number of aromatic nitrogens is 2. The number of para-hydroxylation sites is 1. The quantitative estimate of drug-likeness (QED) is 0.258. The normalized spacial score (nSPS) is 14.9. The molecular formula is C29H34N4O3. The third kappa shape index (κ3) is 6.90. The average Bonchev–Trinajstić information content (AvgIpc) is 2.84. The van der Waals surface area contributed by atoms with Gasteiger partial charge in [0.1, 0.15) is 30.4 Å². The van der Waals surface area contributed by atoms with Gasteiger partial charge in [-0.25, -0.2) is 4.98 Å². The second kappa shape index (κ2) is 11.3. The standard InChI is InChI=1S/C29H34N4O3/c1-20-16-21(2)30-26(17-20)22(3)32-34-18-29(4,5)19-35-33-25-13-9-10-23-14-15-27(31-28(23)25)36-24-11-7-6-8-12-24/h6-8,11-12,14-17H,9-10,13,18-19H2,1-5H3. The van der Waals surface area contributed by atoms with Gasteiger partial charge in [0.2, 0.25) is 5.88 Å². The smallest absolute Gasteiger partial charge is 0.219 e. The van der Waals surface area contributed by atoms with Gasteiger partial charge in [-0.2, -0.15) is 0 Å². The third-order valence-electron chi connectivity index (χ3n) is 5.81. The summed E-state index contributed by atoms with van der Waals surface area (Å²) in [4.78, 5) is 20.7. The van der Waals surface area contributed by atoms with Crippen molar-refractivity contribution in [2.45, 2.75) is 53.9 Å². The number of hydrogen-bond donors (Lipinski definition) is 0. The van der Waals surface area contributed by atoms with Gasteiger partial charge < -0.3 is 14.4 Å². The lowest BCUT2D eigenvalue weighted by molar-refractivity contribution is -0.000160. The first-order valence-corrected chi connectivity index (χ1v) is 12.3. The molecule has 0 atom stereocenters. The molecule has 0 amide bonds. The van der Waals surface area contributed by atoms with E-state index in [2.05, 4.69) is 35.2 Å². The summed E-state index contributed by atoms with van der Waals surface area (Å²) >= 11 is 0. The van der Waals surface area contributed by atoms with Gasteiger partial charge in [0.15, 0.2) is 0 Å². The molecule has 2 heterocycles. The van der Waals surface area contributed by atoms with Gasteiger partial charge in [-0.05, 0) is 75.4 Å². The maximum atomic E-state index is 5.92. The molecule has 1 aliphatic carbocycles. The number of oxime groups is 2. The number of nitrogens with zero attached hydrogens (tertiary/aromatic N) is 4. The van der Waals surface area contributed by atoms with Gasteiger partial charge >= 0.3 is 0 Å². The van der Waals surface area contributed by atoms with E-state index in [4.69, 9.17) is 19.4 Å². The highest BCUT2D eigenvalue weighted by atomic mass is 16.6. The van der Waals surface area contributed by atoms with Crippen LogP contribution in [0.3, 0.4) is 0 Å². The Kier molecular flexibility index (Phi) is 7.98. The Balaban J connectivity index is 1.36. The molecule has 0 saturated heterocycles. The molecule has 7 heteroatoms. The summed E-state index contributed by atoms with van der Waals surface area (Å²) in [5, 5.41) is 8.74. The van der Waals surface area contributed by atoms with Crippen LogP contribution in [0, 0.1) is 19.3 Å². The predicted octanol–water partition coefficient (Wildman–Crippen LogP) is 6.41. The molecule has 7 nitrogen and oxygen atoms in total. The molecule has 0 unspecified atom stereocenters. The van der Waals surface area contributed by atoms with Crippen LogP contribution in [0.15, 0.2) is 64.9 Å². The van der Waals surface area contributed by atoms with E-state index in [0.29, 0.717) is 19.1 Å². The summed E-state index contributed by atoms with van der Waals surface area (Å²) in [6.45, 7) is 10.8. The van der Waals surface area contributed by atoms with Crippen LogP contribution in [0.25, 0.3) is 0 Å². The molecule has 0 radical (unpaired) electrons. The minimum absolute atomic E-state index is 0.285. The maximum absolute atomic E-state index is 5.92. The van der Waals surface area contributed by atoms with E-state index in [1.165, 1.54) is 0 Å². The minimum atomic E-state index is -0.285. The van der Waals surface area contributed by atoms with Crippen molar-refractivity contribution in [2.75, 3.05) is 13.2 Å². The molecule has 0 bridgehead atoms. The number of rotatable bonds is 9. The van der Waals surface area contributed by atoms with Crippen molar-refractivity contribution in [1.29, 1.82) is 0 Å². The number of pyridine rings is 2. The summed E-state index contributed by atoms with van der Waals surface area (Å²) in [5.74, 6) is 1.30.